The molecule has 1 fully saturated rings. The van der Waals surface area contributed by atoms with E-state index < -0.39 is 0 Å². The minimum atomic E-state index is 0.122. The molecule has 1 saturated carbocycles. The standard InChI is InChI=1S/C11H22N2O/c1-12-9-11(14)13-8-10-6-4-2-3-5-7-10/h10,12H,2-9H2,1H3,(H,13,14). The van der Waals surface area contributed by atoms with Crippen LogP contribution in [-0.4, -0.2) is 26.0 Å². The van der Waals surface area contributed by atoms with E-state index in [1.54, 1.807) is 7.05 Å². The first-order valence-electron chi connectivity index (χ1n) is 5.74. The van der Waals surface area contributed by atoms with Crippen molar-refractivity contribution in [3.05, 3.63) is 0 Å². The summed E-state index contributed by atoms with van der Waals surface area (Å²) >= 11 is 0. The van der Waals surface area contributed by atoms with Crippen molar-refractivity contribution in [2.45, 2.75) is 38.5 Å². The summed E-state index contributed by atoms with van der Waals surface area (Å²) in [5.74, 6) is 0.843. The van der Waals surface area contributed by atoms with Crippen LogP contribution in [0.15, 0.2) is 0 Å². The zero-order valence-electron chi connectivity index (χ0n) is 9.14. The molecule has 1 aliphatic rings. The van der Waals surface area contributed by atoms with E-state index in [0.29, 0.717) is 6.54 Å². The molecule has 0 unspecified atom stereocenters. The van der Waals surface area contributed by atoms with Gasteiger partial charge in [0.15, 0.2) is 0 Å². The van der Waals surface area contributed by atoms with E-state index in [2.05, 4.69) is 10.6 Å². The van der Waals surface area contributed by atoms with Crippen molar-refractivity contribution in [1.29, 1.82) is 0 Å². The summed E-state index contributed by atoms with van der Waals surface area (Å²) in [5.41, 5.74) is 0. The fourth-order valence-corrected chi connectivity index (χ4v) is 2.05. The average molecular weight is 198 g/mol. The largest absolute Gasteiger partial charge is 0.355 e. The number of nitrogens with one attached hydrogen (secondary N) is 2. The minimum Gasteiger partial charge on any atom is -0.355 e. The molecule has 0 saturated heterocycles. The molecule has 1 aliphatic carbocycles. The Bertz CT molecular complexity index is 163. The number of hydrogen-bond acceptors (Lipinski definition) is 2. The Labute approximate surface area is 86.6 Å². The average Bonchev–Trinajstić information content (AvgIpc) is 2.43. The number of likely N-dealkylation sites (N-methyl/N-ethyl adjacent to an activating group) is 1. The van der Waals surface area contributed by atoms with Gasteiger partial charge in [0.25, 0.3) is 0 Å². The molecule has 82 valence electrons. The first-order chi connectivity index (χ1) is 6.83. The fraction of sp³-hybridized carbons (Fsp3) is 0.909. The van der Waals surface area contributed by atoms with E-state index in [0.717, 1.165) is 12.5 Å². The second kappa shape index (κ2) is 6.82. The Balaban J connectivity index is 2.12. The molecule has 3 heteroatoms. The van der Waals surface area contributed by atoms with Crippen LogP contribution in [0.2, 0.25) is 0 Å². The Morgan fingerprint density at radius 1 is 1.21 bits per heavy atom. The van der Waals surface area contributed by atoms with Gasteiger partial charge in [-0.3, -0.25) is 4.79 Å². The molecule has 0 aromatic carbocycles. The van der Waals surface area contributed by atoms with E-state index in [1.165, 1.54) is 38.5 Å². The lowest BCUT2D eigenvalue weighted by Crippen LogP contribution is -2.35. The third kappa shape index (κ3) is 4.61. The number of carbonyl (C=O) groups is 1. The summed E-state index contributed by atoms with van der Waals surface area (Å²) in [4.78, 5) is 11.2. The first kappa shape index (κ1) is 11.5. The van der Waals surface area contributed by atoms with E-state index >= 15 is 0 Å². The third-order valence-electron chi connectivity index (χ3n) is 2.90. The maximum Gasteiger partial charge on any atom is 0.233 e. The van der Waals surface area contributed by atoms with Crippen molar-refractivity contribution in [1.82, 2.24) is 10.6 Å². The highest BCUT2D eigenvalue weighted by atomic mass is 16.1. The van der Waals surface area contributed by atoms with Crippen molar-refractivity contribution < 1.29 is 4.79 Å². The predicted octanol–water partition coefficient (Wildman–Crippen LogP) is 1.29. The summed E-state index contributed by atoms with van der Waals surface area (Å²) in [6.07, 6.45) is 8.01. The third-order valence-corrected chi connectivity index (χ3v) is 2.90. The zero-order valence-corrected chi connectivity index (χ0v) is 9.14. The molecule has 2 N–H and O–H groups in total. The number of amides is 1. The molecule has 0 heterocycles. The highest BCUT2D eigenvalue weighted by Gasteiger charge is 2.12. The lowest BCUT2D eigenvalue weighted by atomic mass is 10.0. The smallest absolute Gasteiger partial charge is 0.233 e. The monoisotopic (exact) mass is 198 g/mol. The molecule has 3 nitrogen and oxygen atoms in total. The Hall–Kier alpha value is -0.570. The van der Waals surface area contributed by atoms with E-state index in [9.17, 15) is 4.79 Å². The van der Waals surface area contributed by atoms with E-state index in [4.69, 9.17) is 0 Å². The van der Waals surface area contributed by atoms with Gasteiger partial charge >= 0.3 is 0 Å². The molecular formula is C11H22N2O. The van der Waals surface area contributed by atoms with Gasteiger partial charge in [-0.1, -0.05) is 25.7 Å². The summed E-state index contributed by atoms with van der Waals surface area (Å²) in [6, 6.07) is 0. The maximum atomic E-state index is 11.2. The lowest BCUT2D eigenvalue weighted by molar-refractivity contribution is -0.120. The maximum absolute atomic E-state index is 11.2. The molecule has 0 bridgehead atoms. The van der Waals surface area contributed by atoms with Gasteiger partial charge in [-0.2, -0.15) is 0 Å². The molecule has 0 aliphatic heterocycles. The van der Waals surface area contributed by atoms with Gasteiger partial charge in [-0.15, -0.1) is 0 Å². The Kier molecular flexibility index (Phi) is 5.60. The summed E-state index contributed by atoms with van der Waals surface area (Å²) in [5, 5.41) is 5.84. The molecule has 0 aromatic heterocycles. The highest BCUT2D eigenvalue weighted by molar-refractivity contribution is 5.77. The Morgan fingerprint density at radius 2 is 1.86 bits per heavy atom. The van der Waals surface area contributed by atoms with Crippen LogP contribution in [0.5, 0.6) is 0 Å². The van der Waals surface area contributed by atoms with Crippen LogP contribution in [-0.2, 0) is 4.79 Å². The number of rotatable bonds is 4. The van der Waals surface area contributed by atoms with Crippen molar-refractivity contribution in [3.8, 4) is 0 Å². The quantitative estimate of drug-likeness (QED) is 0.668. The molecule has 1 rings (SSSR count). The SMILES string of the molecule is CNCC(=O)NCC1CCCCCC1. The summed E-state index contributed by atoms with van der Waals surface area (Å²) in [6.45, 7) is 1.31. The van der Waals surface area contributed by atoms with Crippen LogP contribution in [0.3, 0.4) is 0 Å². The zero-order chi connectivity index (χ0) is 10.2. The van der Waals surface area contributed by atoms with Crippen LogP contribution < -0.4 is 10.6 Å². The van der Waals surface area contributed by atoms with Gasteiger partial charge in [0.05, 0.1) is 6.54 Å². The highest BCUT2D eigenvalue weighted by Crippen LogP contribution is 2.21. The van der Waals surface area contributed by atoms with Crippen molar-refractivity contribution >= 4 is 5.91 Å². The molecule has 0 spiro atoms. The number of hydrogen-bond donors (Lipinski definition) is 2. The van der Waals surface area contributed by atoms with Gasteiger partial charge in [0.2, 0.25) is 5.91 Å². The van der Waals surface area contributed by atoms with Gasteiger partial charge in [-0.25, -0.2) is 0 Å². The molecule has 0 aromatic rings. The van der Waals surface area contributed by atoms with Crippen LogP contribution in [0.25, 0.3) is 0 Å². The molecule has 1 amide bonds. The van der Waals surface area contributed by atoms with E-state index in [-0.39, 0.29) is 5.91 Å². The second-order valence-corrected chi connectivity index (χ2v) is 4.19. The minimum absolute atomic E-state index is 0.122. The molecule has 0 radical (unpaired) electrons. The number of carbonyl (C=O) groups excluding carboxylic acids is 1. The van der Waals surface area contributed by atoms with Crippen molar-refractivity contribution in [3.63, 3.8) is 0 Å². The normalized spacial score (nSPS) is 18.9. The topological polar surface area (TPSA) is 41.1 Å². The van der Waals surface area contributed by atoms with Crippen molar-refractivity contribution in [2.24, 2.45) is 5.92 Å². The van der Waals surface area contributed by atoms with Gasteiger partial charge in [0, 0.05) is 6.54 Å². The van der Waals surface area contributed by atoms with Crippen LogP contribution in [0, 0.1) is 5.92 Å². The van der Waals surface area contributed by atoms with E-state index in [1.807, 2.05) is 0 Å². The van der Waals surface area contributed by atoms with Gasteiger partial charge in [0.1, 0.15) is 0 Å². The molecule has 0 atom stereocenters. The lowest BCUT2D eigenvalue weighted by Gasteiger charge is -2.14. The van der Waals surface area contributed by atoms with Crippen LogP contribution in [0.1, 0.15) is 38.5 Å². The fourth-order valence-electron chi connectivity index (χ4n) is 2.05. The van der Waals surface area contributed by atoms with Gasteiger partial charge < -0.3 is 10.6 Å². The first-order valence-corrected chi connectivity index (χ1v) is 5.74. The predicted molar refractivity (Wildman–Crippen MR) is 58.1 cm³/mol. The molecular weight excluding hydrogens is 176 g/mol. The summed E-state index contributed by atoms with van der Waals surface area (Å²) in [7, 11) is 1.80. The van der Waals surface area contributed by atoms with Crippen LogP contribution >= 0.6 is 0 Å². The van der Waals surface area contributed by atoms with Crippen molar-refractivity contribution in [2.75, 3.05) is 20.1 Å². The second-order valence-electron chi connectivity index (χ2n) is 4.19. The molecule has 14 heavy (non-hydrogen) atoms. The van der Waals surface area contributed by atoms with Crippen LogP contribution in [0.4, 0.5) is 0 Å². The van der Waals surface area contributed by atoms with Gasteiger partial charge in [-0.05, 0) is 25.8 Å². The summed E-state index contributed by atoms with van der Waals surface area (Å²) < 4.78 is 0. The Morgan fingerprint density at radius 3 is 2.43 bits per heavy atom.